The smallest absolute Gasteiger partial charge is 0.119 e. The lowest BCUT2D eigenvalue weighted by Gasteiger charge is -2.23. The molecule has 0 aromatic heterocycles. The van der Waals surface area contributed by atoms with Crippen molar-refractivity contribution in [3.05, 3.63) is 24.3 Å². The van der Waals surface area contributed by atoms with Gasteiger partial charge in [-0.25, -0.2) is 0 Å². The Kier molecular flexibility index (Phi) is 7.46. The molecule has 1 fully saturated rings. The van der Waals surface area contributed by atoms with Gasteiger partial charge in [0.2, 0.25) is 0 Å². The van der Waals surface area contributed by atoms with Gasteiger partial charge in [-0.3, -0.25) is 0 Å². The van der Waals surface area contributed by atoms with Crippen LogP contribution in [0.15, 0.2) is 24.3 Å². The maximum absolute atomic E-state index is 9.87. The number of hydrogen-bond donors (Lipinski definition) is 2. The van der Waals surface area contributed by atoms with Crippen LogP contribution in [0.3, 0.4) is 0 Å². The van der Waals surface area contributed by atoms with E-state index < -0.39 is 6.10 Å². The number of halogens is 1. The van der Waals surface area contributed by atoms with Gasteiger partial charge >= 0.3 is 0 Å². The molecule has 1 unspecified atom stereocenters. The van der Waals surface area contributed by atoms with Gasteiger partial charge in [0.05, 0.1) is 6.61 Å². The minimum Gasteiger partial charge on any atom is -0.493 e. The Balaban J connectivity index is 0.00000242. The first kappa shape index (κ1) is 19.1. The van der Waals surface area contributed by atoms with Crippen LogP contribution in [0.1, 0.15) is 33.6 Å². The second kappa shape index (κ2) is 8.61. The molecule has 1 atom stereocenters. The molecule has 0 amide bonds. The Hall–Kier alpha value is -0.970. The number of β-amino-alcohol motifs (C(OH)–C–C–N with tert-alkyl or cyclic N) is 1. The largest absolute Gasteiger partial charge is 0.493 e. The zero-order chi connectivity index (χ0) is 15.3. The van der Waals surface area contributed by atoms with Crippen molar-refractivity contribution in [1.82, 2.24) is 5.32 Å². The molecule has 0 heterocycles. The summed E-state index contributed by atoms with van der Waals surface area (Å²) >= 11 is 0. The van der Waals surface area contributed by atoms with Gasteiger partial charge in [-0.05, 0) is 63.8 Å². The number of nitrogens with one attached hydrogen (secondary N) is 1. The number of aliphatic hydroxyl groups excluding tert-OH is 1. The average Bonchev–Trinajstić information content (AvgIpc) is 3.25. The number of ether oxygens (including phenoxy) is 2. The van der Waals surface area contributed by atoms with Gasteiger partial charge in [0, 0.05) is 12.1 Å². The van der Waals surface area contributed by atoms with Crippen molar-refractivity contribution in [2.24, 2.45) is 5.92 Å². The number of rotatable bonds is 8. The molecule has 2 rings (SSSR count). The summed E-state index contributed by atoms with van der Waals surface area (Å²) in [6.07, 6.45) is 2.07. The number of aliphatic hydroxyl groups is 1. The van der Waals surface area contributed by atoms with Crippen molar-refractivity contribution in [2.75, 3.05) is 19.8 Å². The quantitative estimate of drug-likeness (QED) is 0.769. The van der Waals surface area contributed by atoms with E-state index in [2.05, 4.69) is 26.1 Å². The summed E-state index contributed by atoms with van der Waals surface area (Å²) in [6, 6.07) is 7.59. The summed E-state index contributed by atoms with van der Waals surface area (Å²) in [5.41, 5.74) is 0.00151. The van der Waals surface area contributed by atoms with E-state index in [0.717, 1.165) is 24.0 Å². The molecule has 0 saturated heterocycles. The lowest BCUT2D eigenvalue weighted by molar-refractivity contribution is 0.100. The molecule has 0 spiro atoms. The molecule has 126 valence electrons. The highest BCUT2D eigenvalue weighted by atomic mass is 35.5. The van der Waals surface area contributed by atoms with Gasteiger partial charge in [-0.15, -0.1) is 12.4 Å². The topological polar surface area (TPSA) is 50.7 Å². The van der Waals surface area contributed by atoms with Crippen LogP contribution in [0.2, 0.25) is 0 Å². The van der Waals surface area contributed by atoms with E-state index in [1.807, 2.05) is 24.3 Å². The van der Waals surface area contributed by atoms with Crippen molar-refractivity contribution in [3.63, 3.8) is 0 Å². The van der Waals surface area contributed by atoms with Crippen LogP contribution in [0.5, 0.6) is 11.5 Å². The predicted octanol–water partition coefficient (Wildman–Crippen LogP) is 3.03. The van der Waals surface area contributed by atoms with E-state index in [1.54, 1.807) is 0 Å². The Morgan fingerprint density at radius 1 is 1.14 bits per heavy atom. The summed E-state index contributed by atoms with van der Waals surface area (Å²) in [4.78, 5) is 0. The number of benzene rings is 1. The molecule has 1 saturated carbocycles. The van der Waals surface area contributed by atoms with E-state index >= 15 is 0 Å². The Morgan fingerprint density at radius 2 is 1.68 bits per heavy atom. The van der Waals surface area contributed by atoms with Gasteiger partial charge in [0.1, 0.15) is 24.2 Å². The molecule has 0 radical (unpaired) electrons. The summed E-state index contributed by atoms with van der Waals surface area (Å²) in [5, 5.41) is 13.1. The molecule has 1 aliphatic carbocycles. The Morgan fingerprint density at radius 3 is 2.18 bits per heavy atom. The first-order chi connectivity index (χ1) is 9.92. The lowest BCUT2D eigenvalue weighted by Crippen LogP contribution is -2.42. The van der Waals surface area contributed by atoms with Crippen LogP contribution in [-0.4, -0.2) is 36.5 Å². The van der Waals surface area contributed by atoms with Gasteiger partial charge in [-0.2, -0.15) is 0 Å². The van der Waals surface area contributed by atoms with Gasteiger partial charge < -0.3 is 19.9 Å². The Bertz CT molecular complexity index is 427. The fraction of sp³-hybridized carbons (Fsp3) is 0.647. The standard InChI is InChI=1S/C17H27NO3.ClH/c1-17(2,3)18-10-14(19)12-21-16-8-6-15(7-9-16)20-11-13-4-5-13;/h6-9,13-14,18-19H,4-5,10-12H2,1-3H3;1H. The van der Waals surface area contributed by atoms with E-state index in [4.69, 9.17) is 9.47 Å². The maximum atomic E-state index is 9.87. The molecule has 4 nitrogen and oxygen atoms in total. The average molecular weight is 330 g/mol. The SMILES string of the molecule is CC(C)(C)NCC(O)COc1ccc(OCC2CC2)cc1.Cl. The highest BCUT2D eigenvalue weighted by Crippen LogP contribution is 2.29. The third-order valence-electron chi connectivity index (χ3n) is 3.32. The molecule has 1 aromatic rings. The normalized spacial score (nSPS) is 15.8. The van der Waals surface area contributed by atoms with Crippen molar-refractivity contribution in [2.45, 2.75) is 45.3 Å². The van der Waals surface area contributed by atoms with Gasteiger partial charge in [0.25, 0.3) is 0 Å². The van der Waals surface area contributed by atoms with Crippen molar-refractivity contribution in [1.29, 1.82) is 0 Å². The predicted molar refractivity (Wildman–Crippen MR) is 91.2 cm³/mol. The summed E-state index contributed by atoms with van der Waals surface area (Å²) < 4.78 is 11.3. The van der Waals surface area contributed by atoms with E-state index in [9.17, 15) is 5.11 Å². The molecular formula is C17H28ClNO3. The Labute approximate surface area is 139 Å². The van der Waals surface area contributed by atoms with Crippen molar-refractivity contribution in [3.8, 4) is 11.5 Å². The summed E-state index contributed by atoms with van der Waals surface area (Å²) in [7, 11) is 0. The molecule has 1 aromatic carbocycles. The highest BCUT2D eigenvalue weighted by molar-refractivity contribution is 5.85. The molecule has 5 heteroatoms. The van der Waals surface area contributed by atoms with Crippen LogP contribution in [0.4, 0.5) is 0 Å². The van der Waals surface area contributed by atoms with Crippen LogP contribution in [0.25, 0.3) is 0 Å². The lowest BCUT2D eigenvalue weighted by atomic mass is 10.1. The third-order valence-corrected chi connectivity index (χ3v) is 3.32. The summed E-state index contributed by atoms with van der Waals surface area (Å²) in [5.74, 6) is 2.39. The van der Waals surface area contributed by atoms with Gasteiger partial charge in [0.15, 0.2) is 0 Å². The second-order valence-corrected chi connectivity index (χ2v) is 6.82. The van der Waals surface area contributed by atoms with Crippen molar-refractivity contribution < 1.29 is 14.6 Å². The minimum absolute atomic E-state index is 0. The second-order valence-electron chi connectivity index (χ2n) is 6.82. The summed E-state index contributed by atoms with van der Waals surface area (Å²) in [6.45, 7) is 7.83. The fourth-order valence-electron chi connectivity index (χ4n) is 1.81. The minimum atomic E-state index is -0.519. The van der Waals surface area contributed by atoms with Gasteiger partial charge in [-0.1, -0.05) is 0 Å². The maximum Gasteiger partial charge on any atom is 0.119 e. The fourth-order valence-corrected chi connectivity index (χ4v) is 1.81. The number of hydrogen-bond acceptors (Lipinski definition) is 4. The molecule has 0 bridgehead atoms. The van der Waals surface area contributed by atoms with E-state index in [-0.39, 0.29) is 24.6 Å². The third kappa shape index (κ3) is 7.87. The molecule has 0 aliphatic heterocycles. The first-order valence-corrected chi connectivity index (χ1v) is 7.71. The van der Waals surface area contributed by atoms with Crippen LogP contribution in [-0.2, 0) is 0 Å². The first-order valence-electron chi connectivity index (χ1n) is 7.71. The van der Waals surface area contributed by atoms with Crippen molar-refractivity contribution >= 4 is 12.4 Å². The zero-order valence-electron chi connectivity index (χ0n) is 13.7. The zero-order valence-corrected chi connectivity index (χ0v) is 14.5. The highest BCUT2D eigenvalue weighted by Gasteiger charge is 2.21. The molecule has 22 heavy (non-hydrogen) atoms. The van der Waals surface area contributed by atoms with Crippen LogP contribution >= 0.6 is 12.4 Å². The monoisotopic (exact) mass is 329 g/mol. The molecule has 2 N–H and O–H groups in total. The molecular weight excluding hydrogens is 302 g/mol. The van der Waals surface area contributed by atoms with Crippen LogP contribution in [0, 0.1) is 5.92 Å². The van der Waals surface area contributed by atoms with E-state index in [1.165, 1.54) is 12.8 Å². The van der Waals surface area contributed by atoms with Crippen LogP contribution < -0.4 is 14.8 Å². The van der Waals surface area contributed by atoms with E-state index in [0.29, 0.717) is 6.54 Å². The molecule has 1 aliphatic rings.